The minimum atomic E-state index is -0.485. The highest BCUT2D eigenvalue weighted by atomic mass is 35.5. The molecule has 2 atom stereocenters. The fraction of sp³-hybridized carbons (Fsp3) is 0.360. The predicted molar refractivity (Wildman–Crippen MR) is 126 cm³/mol. The average Bonchev–Trinajstić information content (AvgIpc) is 3.48. The Bertz CT molecular complexity index is 1480. The SMILES string of the molecule is Cn1cc(C2CC(c3cc4c(=O)n5c(nc4c(-c4ccc(Cl)cc4F)n3)CCC5)CCO2)cn1. The van der Waals surface area contributed by atoms with Crippen molar-refractivity contribution < 1.29 is 9.13 Å². The topological polar surface area (TPSA) is 74.8 Å². The number of halogens is 2. The van der Waals surface area contributed by atoms with Gasteiger partial charge >= 0.3 is 0 Å². The summed E-state index contributed by atoms with van der Waals surface area (Å²) >= 11 is 6.00. The first-order valence-corrected chi connectivity index (χ1v) is 11.9. The van der Waals surface area contributed by atoms with Crippen LogP contribution in [0.2, 0.25) is 5.02 Å². The zero-order valence-corrected chi connectivity index (χ0v) is 19.4. The van der Waals surface area contributed by atoms with Crippen molar-refractivity contribution >= 4 is 22.5 Å². The van der Waals surface area contributed by atoms with Gasteiger partial charge in [0.1, 0.15) is 17.2 Å². The van der Waals surface area contributed by atoms with Gasteiger partial charge in [0.15, 0.2) is 0 Å². The minimum absolute atomic E-state index is 0.0510. The van der Waals surface area contributed by atoms with Crippen molar-refractivity contribution in [1.29, 1.82) is 0 Å². The van der Waals surface area contributed by atoms with Crippen molar-refractivity contribution in [1.82, 2.24) is 24.3 Å². The van der Waals surface area contributed by atoms with Gasteiger partial charge in [-0.2, -0.15) is 5.10 Å². The van der Waals surface area contributed by atoms with Gasteiger partial charge in [0.2, 0.25) is 0 Å². The molecule has 0 N–H and O–H groups in total. The van der Waals surface area contributed by atoms with Crippen LogP contribution in [-0.4, -0.2) is 30.9 Å². The van der Waals surface area contributed by atoms with E-state index >= 15 is 4.39 Å². The van der Waals surface area contributed by atoms with E-state index in [0.717, 1.165) is 36.3 Å². The predicted octanol–water partition coefficient (Wildman–Crippen LogP) is 4.57. The van der Waals surface area contributed by atoms with Crippen LogP contribution < -0.4 is 5.56 Å². The Kier molecular flexibility index (Phi) is 5.22. The van der Waals surface area contributed by atoms with E-state index in [1.54, 1.807) is 21.4 Å². The van der Waals surface area contributed by atoms with Gasteiger partial charge in [-0.3, -0.25) is 19.0 Å². The number of benzene rings is 1. The largest absolute Gasteiger partial charge is 0.373 e. The number of hydrogen-bond acceptors (Lipinski definition) is 5. The molecule has 7 nitrogen and oxygen atoms in total. The minimum Gasteiger partial charge on any atom is -0.373 e. The van der Waals surface area contributed by atoms with Gasteiger partial charge in [0, 0.05) is 60.6 Å². The number of hydrogen-bond donors (Lipinski definition) is 0. The molecule has 34 heavy (non-hydrogen) atoms. The zero-order chi connectivity index (χ0) is 23.4. The number of pyridine rings is 1. The number of aryl methyl sites for hydroxylation is 2. The Labute approximate surface area is 200 Å². The fourth-order valence-electron chi connectivity index (χ4n) is 5.09. The normalized spacial score (nSPS) is 20.1. The maximum Gasteiger partial charge on any atom is 0.261 e. The van der Waals surface area contributed by atoms with Gasteiger partial charge in [0.25, 0.3) is 5.56 Å². The standard InChI is InChI=1S/C25H23ClFN5O2/c1-31-13-15(12-28-31)21-9-14(6-8-34-21)20-11-18-24(30-22-3-2-7-32(22)25(18)33)23(29-20)17-5-4-16(26)10-19(17)27/h4-5,10-14,21H,2-3,6-9H2,1H3. The molecular formula is C25H23ClFN5O2. The molecule has 0 bridgehead atoms. The molecule has 174 valence electrons. The maximum atomic E-state index is 15.0. The number of nitrogens with zero attached hydrogens (tertiary/aromatic N) is 5. The lowest BCUT2D eigenvalue weighted by Crippen LogP contribution is -2.23. The Hall–Kier alpha value is -3.10. The Morgan fingerprint density at radius 1 is 1.24 bits per heavy atom. The highest BCUT2D eigenvalue weighted by Crippen LogP contribution is 2.39. The van der Waals surface area contributed by atoms with Gasteiger partial charge in [-0.1, -0.05) is 11.6 Å². The van der Waals surface area contributed by atoms with E-state index in [0.29, 0.717) is 46.8 Å². The smallest absolute Gasteiger partial charge is 0.261 e. The van der Waals surface area contributed by atoms with E-state index in [9.17, 15) is 4.79 Å². The van der Waals surface area contributed by atoms with Crippen molar-refractivity contribution in [2.24, 2.45) is 7.05 Å². The molecule has 9 heteroatoms. The van der Waals surface area contributed by atoms with Crippen LogP contribution >= 0.6 is 11.6 Å². The lowest BCUT2D eigenvalue weighted by Gasteiger charge is -2.29. The molecule has 4 aromatic rings. The number of rotatable bonds is 3. The van der Waals surface area contributed by atoms with E-state index in [-0.39, 0.29) is 17.6 Å². The molecule has 2 aliphatic rings. The second-order valence-corrected chi connectivity index (χ2v) is 9.47. The van der Waals surface area contributed by atoms with Gasteiger partial charge in [0.05, 0.1) is 23.4 Å². The van der Waals surface area contributed by atoms with Crippen LogP contribution in [0, 0.1) is 5.82 Å². The summed E-state index contributed by atoms with van der Waals surface area (Å²) in [7, 11) is 1.88. The monoisotopic (exact) mass is 479 g/mol. The van der Waals surface area contributed by atoms with Crippen molar-refractivity contribution in [3.8, 4) is 11.3 Å². The second kappa shape index (κ2) is 8.29. The summed E-state index contributed by atoms with van der Waals surface area (Å²) in [6.07, 6.45) is 6.71. The van der Waals surface area contributed by atoms with Crippen LogP contribution in [0.3, 0.4) is 0 Å². The van der Waals surface area contributed by atoms with Crippen LogP contribution in [0.4, 0.5) is 4.39 Å². The van der Waals surface area contributed by atoms with E-state index in [4.69, 9.17) is 26.3 Å². The van der Waals surface area contributed by atoms with Gasteiger partial charge in [-0.15, -0.1) is 0 Å². The van der Waals surface area contributed by atoms with Gasteiger partial charge in [-0.25, -0.2) is 9.37 Å². The number of ether oxygens (including phenoxy) is 1. The average molecular weight is 480 g/mol. The highest BCUT2D eigenvalue weighted by Gasteiger charge is 2.29. The first-order chi connectivity index (χ1) is 16.5. The zero-order valence-electron chi connectivity index (χ0n) is 18.7. The molecule has 1 aromatic carbocycles. The van der Waals surface area contributed by atoms with E-state index in [2.05, 4.69) is 5.10 Å². The molecule has 2 aliphatic heterocycles. The van der Waals surface area contributed by atoms with Crippen molar-refractivity contribution in [3.63, 3.8) is 0 Å². The quantitative estimate of drug-likeness (QED) is 0.430. The summed E-state index contributed by atoms with van der Waals surface area (Å²) in [4.78, 5) is 23.1. The molecule has 2 unspecified atom stereocenters. The van der Waals surface area contributed by atoms with Gasteiger partial charge in [-0.05, 0) is 43.5 Å². The van der Waals surface area contributed by atoms with Crippen LogP contribution in [0.15, 0.2) is 41.5 Å². The van der Waals surface area contributed by atoms with Crippen LogP contribution in [0.5, 0.6) is 0 Å². The van der Waals surface area contributed by atoms with Crippen LogP contribution in [0.1, 0.15) is 48.4 Å². The third kappa shape index (κ3) is 3.61. The molecule has 0 saturated carbocycles. The molecular weight excluding hydrogens is 457 g/mol. The maximum absolute atomic E-state index is 15.0. The first-order valence-electron chi connectivity index (χ1n) is 11.5. The highest BCUT2D eigenvalue weighted by molar-refractivity contribution is 6.30. The van der Waals surface area contributed by atoms with Crippen LogP contribution in [0.25, 0.3) is 22.2 Å². The third-order valence-electron chi connectivity index (χ3n) is 6.81. The molecule has 0 amide bonds. The Balaban J connectivity index is 1.52. The molecule has 3 aromatic heterocycles. The fourth-order valence-corrected chi connectivity index (χ4v) is 5.24. The van der Waals surface area contributed by atoms with Crippen molar-refractivity contribution in [2.75, 3.05) is 6.61 Å². The summed E-state index contributed by atoms with van der Waals surface area (Å²) in [6, 6.07) is 6.36. The lowest BCUT2D eigenvalue weighted by molar-refractivity contribution is 0.00464. The molecule has 5 heterocycles. The summed E-state index contributed by atoms with van der Waals surface area (Å²) in [6.45, 7) is 1.22. The summed E-state index contributed by atoms with van der Waals surface area (Å²) in [5, 5.41) is 5.04. The molecule has 1 saturated heterocycles. The second-order valence-electron chi connectivity index (χ2n) is 9.03. The third-order valence-corrected chi connectivity index (χ3v) is 7.04. The van der Waals surface area contributed by atoms with E-state index < -0.39 is 5.82 Å². The number of aromatic nitrogens is 5. The van der Waals surface area contributed by atoms with Gasteiger partial charge < -0.3 is 4.74 Å². The first kappa shape index (κ1) is 21.4. The molecule has 0 spiro atoms. The number of fused-ring (bicyclic) bond motifs is 2. The summed E-state index contributed by atoms with van der Waals surface area (Å²) in [5.74, 6) is 0.293. The summed E-state index contributed by atoms with van der Waals surface area (Å²) < 4.78 is 24.5. The molecule has 0 radical (unpaired) electrons. The van der Waals surface area contributed by atoms with E-state index in [1.807, 2.05) is 25.5 Å². The van der Waals surface area contributed by atoms with Crippen LogP contribution in [-0.2, 0) is 24.8 Å². The van der Waals surface area contributed by atoms with Crippen molar-refractivity contribution in [2.45, 2.75) is 44.2 Å². The summed E-state index contributed by atoms with van der Waals surface area (Å²) in [5.41, 5.74) is 2.80. The molecule has 0 aliphatic carbocycles. The molecule has 6 rings (SSSR count). The molecule has 1 fully saturated rings. The Morgan fingerprint density at radius 3 is 2.91 bits per heavy atom. The van der Waals surface area contributed by atoms with Crippen molar-refractivity contribution in [3.05, 3.63) is 74.9 Å². The lowest BCUT2D eigenvalue weighted by atomic mass is 9.89. The van der Waals surface area contributed by atoms with E-state index in [1.165, 1.54) is 6.07 Å². The Morgan fingerprint density at radius 2 is 2.12 bits per heavy atom.